The minimum atomic E-state index is -0.902. The van der Waals surface area contributed by atoms with E-state index >= 15 is 0 Å². The predicted octanol–water partition coefficient (Wildman–Crippen LogP) is 0.228. The Balaban J connectivity index is 0.00000133. The van der Waals surface area contributed by atoms with Gasteiger partial charge in [0.15, 0.2) is 11.6 Å². The van der Waals surface area contributed by atoms with Gasteiger partial charge in [0, 0.05) is 22.3 Å². The minimum absolute atomic E-state index is 0. The predicted molar refractivity (Wildman–Crippen MR) is 64.4 cm³/mol. The third-order valence-corrected chi connectivity index (χ3v) is 3.01. The summed E-state index contributed by atoms with van der Waals surface area (Å²) in [5.74, 6) is -2.62. The number of hydrogen-bond acceptors (Lipinski definition) is 4. The van der Waals surface area contributed by atoms with E-state index in [2.05, 4.69) is 0 Å². The summed E-state index contributed by atoms with van der Waals surface area (Å²) in [5.41, 5.74) is 0.167. The molecule has 0 fully saturated rings. The van der Waals surface area contributed by atoms with Gasteiger partial charge >= 0.3 is 37.7 Å². The first kappa shape index (κ1) is 14.1. The van der Waals surface area contributed by atoms with Crippen molar-refractivity contribution in [3.8, 4) is 11.5 Å². The van der Waals surface area contributed by atoms with E-state index in [9.17, 15) is 19.8 Å². The van der Waals surface area contributed by atoms with Gasteiger partial charge in [-0.25, -0.2) is 0 Å². The number of rotatable bonds is 0. The van der Waals surface area contributed by atoms with E-state index in [-0.39, 0.29) is 60.0 Å². The van der Waals surface area contributed by atoms with Crippen molar-refractivity contribution in [1.29, 1.82) is 0 Å². The largest absolute Gasteiger partial charge is 2.00 e. The van der Waals surface area contributed by atoms with Crippen LogP contribution in [0.3, 0.4) is 0 Å². The maximum atomic E-state index is 12.1. The summed E-state index contributed by atoms with van der Waals surface area (Å²) in [5, 5.41) is 23.0. The first-order valence-corrected chi connectivity index (χ1v) is 5.30. The van der Waals surface area contributed by atoms with Crippen molar-refractivity contribution in [3.05, 3.63) is 58.7 Å². The van der Waals surface area contributed by atoms with Crippen molar-refractivity contribution >= 4 is 49.3 Å². The molecule has 19 heavy (non-hydrogen) atoms. The first-order chi connectivity index (χ1) is 8.61. The number of ketones is 2. The summed E-state index contributed by atoms with van der Waals surface area (Å²) in [6.45, 7) is 0. The molecule has 0 amide bonds. The van der Waals surface area contributed by atoms with Crippen LogP contribution in [0.5, 0.6) is 11.5 Å². The average Bonchev–Trinajstić information content (AvgIpc) is 2.39. The molecule has 5 heteroatoms. The Morgan fingerprint density at radius 3 is 1.95 bits per heavy atom. The standard InChI is InChI=1S/C14H8O4.Ca/c15-10-6-5-9-11(14(10)18)13(17)8-4-2-1-3-7(8)12(9)16;/h1-6,15,18H;/q;+2/p-2. The Labute approximate surface area is 138 Å². The molecule has 0 spiro atoms. The molecule has 0 saturated heterocycles. The molecule has 1 aliphatic carbocycles. The Hall–Kier alpha value is -1.36. The summed E-state index contributed by atoms with van der Waals surface area (Å²) < 4.78 is 0. The fourth-order valence-corrected chi connectivity index (χ4v) is 2.14. The summed E-state index contributed by atoms with van der Waals surface area (Å²) in [4.78, 5) is 24.3. The SMILES string of the molecule is O=C1c2ccccc2C(=O)c2c1ccc([O-])c2[O-].[Ca+2]. The summed E-state index contributed by atoms with van der Waals surface area (Å²) >= 11 is 0. The van der Waals surface area contributed by atoms with Crippen LogP contribution in [0.2, 0.25) is 0 Å². The molecule has 0 saturated carbocycles. The zero-order valence-electron chi connectivity index (χ0n) is 9.80. The minimum Gasteiger partial charge on any atom is -0.873 e. The summed E-state index contributed by atoms with van der Waals surface area (Å²) in [7, 11) is 0. The summed E-state index contributed by atoms with van der Waals surface area (Å²) in [6.07, 6.45) is 0. The topological polar surface area (TPSA) is 80.3 Å². The fourth-order valence-electron chi connectivity index (χ4n) is 2.14. The van der Waals surface area contributed by atoms with E-state index in [1.807, 2.05) is 0 Å². The van der Waals surface area contributed by atoms with Gasteiger partial charge in [-0.1, -0.05) is 36.4 Å². The zero-order valence-corrected chi connectivity index (χ0v) is 12.0. The number of carbonyl (C=O) groups excluding carboxylic acids is 2. The van der Waals surface area contributed by atoms with E-state index in [0.717, 1.165) is 6.07 Å². The Kier molecular flexibility index (Phi) is 3.67. The van der Waals surface area contributed by atoms with Gasteiger partial charge in [-0.3, -0.25) is 9.59 Å². The van der Waals surface area contributed by atoms with E-state index in [1.54, 1.807) is 12.1 Å². The van der Waals surface area contributed by atoms with Gasteiger partial charge in [-0.05, 0) is 0 Å². The molecule has 0 aromatic heterocycles. The number of hydrogen-bond donors (Lipinski definition) is 0. The van der Waals surface area contributed by atoms with Crippen LogP contribution in [-0.4, -0.2) is 49.3 Å². The molecule has 0 atom stereocenters. The quantitative estimate of drug-likeness (QED) is 0.551. The van der Waals surface area contributed by atoms with Gasteiger partial charge < -0.3 is 10.2 Å². The van der Waals surface area contributed by atoms with Gasteiger partial charge in [-0.15, -0.1) is 11.5 Å². The van der Waals surface area contributed by atoms with Crippen molar-refractivity contribution in [3.63, 3.8) is 0 Å². The first-order valence-electron chi connectivity index (χ1n) is 5.30. The molecule has 88 valence electrons. The molecule has 0 unspecified atom stereocenters. The Morgan fingerprint density at radius 2 is 1.32 bits per heavy atom. The van der Waals surface area contributed by atoms with Gasteiger partial charge in [0.05, 0.1) is 0 Å². The van der Waals surface area contributed by atoms with E-state index in [4.69, 9.17) is 0 Å². The van der Waals surface area contributed by atoms with Crippen molar-refractivity contribution in [2.24, 2.45) is 0 Å². The van der Waals surface area contributed by atoms with Crippen LogP contribution in [0, 0.1) is 0 Å². The van der Waals surface area contributed by atoms with Crippen LogP contribution < -0.4 is 10.2 Å². The van der Waals surface area contributed by atoms with Gasteiger partial charge in [0.2, 0.25) is 0 Å². The van der Waals surface area contributed by atoms with Crippen molar-refractivity contribution in [2.75, 3.05) is 0 Å². The van der Waals surface area contributed by atoms with Crippen molar-refractivity contribution in [1.82, 2.24) is 0 Å². The number of fused-ring (bicyclic) bond motifs is 2. The fraction of sp³-hybridized carbons (Fsp3) is 0. The second-order valence-electron chi connectivity index (χ2n) is 4.02. The molecule has 0 bridgehead atoms. The van der Waals surface area contributed by atoms with Crippen LogP contribution in [0.4, 0.5) is 0 Å². The van der Waals surface area contributed by atoms with Crippen LogP contribution in [0.25, 0.3) is 0 Å². The van der Waals surface area contributed by atoms with Gasteiger partial charge in [0.1, 0.15) is 0 Å². The molecule has 0 heterocycles. The third-order valence-electron chi connectivity index (χ3n) is 3.01. The molecule has 3 rings (SSSR count). The average molecular weight is 278 g/mol. The van der Waals surface area contributed by atoms with Crippen LogP contribution >= 0.6 is 0 Å². The molecule has 2 aromatic rings. The van der Waals surface area contributed by atoms with Crippen molar-refractivity contribution in [2.45, 2.75) is 0 Å². The van der Waals surface area contributed by atoms with Crippen molar-refractivity contribution < 1.29 is 19.8 Å². The molecule has 0 N–H and O–H groups in total. The summed E-state index contributed by atoms with van der Waals surface area (Å²) in [6, 6.07) is 8.55. The van der Waals surface area contributed by atoms with Crippen LogP contribution in [0.15, 0.2) is 36.4 Å². The maximum absolute atomic E-state index is 12.1. The van der Waals surface area contributed by atoms with Gasteiger partial charge in [0.25, 0.3) is 0 Å². The molecule has 2 aromatic carbocycles. The monoisotopic (exact) mass is 278 g/mol. The molecule has 4 nitrogen and oxygen atoms in total. The zero-order chi connectivity index (χ0) is 12.9. The third kappa shape index (κ3) is 1.96. The number of carbonyl (C=O) groups is 2. The van der Waals surface area contributed by atoms with E-state index in [1.165, 1.54) is 18.2 Å². The van der Waals surface area contributed by atoms with Crippen LogP contribution in [0.1, 0.15) is 31.8 Å². The Bertz CT molecular complexity index is 707. The van der Waals surface area contributed by atoms with E-state index in [0.29, 0.717) is 0 Å². The molecule has 0 radical (unpaired) electrons. The Morgan fingerprint density at radius 1 is 0.737 bits per heavy atom. The van der Waals surface area contributed by atoms with Gasteiger partial charge in [-0.2, -0.15) is 0 Å². The second-order valence-corrected chi connectivity index (χ2v) is 4.02. The maximum Gasteiger partial charge on any atom is 2.00 e. The molecular weight excluding hydrogens is 272 g/mol. The molecular formula is C14H6CaO4. The van der Waals surface area contributed by atoms with Crippen LogP contribution in [-0.2, 0) is 0 Å². The smallest absolute Gasteiger partial charge is 0.873 e. The molecule has 0 aliphatic heterocycles. The van der Waals surface area contributed by atoms with E-state index < -0.39 is 23.1 Å². The normalized spacial score (nSPS) is 12.4. The number of benzene rings is 2. The molecule has 1 aliphatic rings. The second kappa shape index (κ2) is 4.96.